The number of benzene rings is 1. The highest BCUT2D eigenvalue weighted by molar-refractivity contribution is 5.85. The SMILES string of the molecule is Cc1cccc(CNC(=O)CN2CCCNCC2)c1.Cl. The second-order valence-electron chi connectivity index (χ2n) is 5.15. The third-order valence-electron chi connectivity index (χ3n) is 3.37. The quantitative estimate of drug-likeness (QED) is 0.881. The summed E-state index contributed by atoms with van der Waals surface area (Å²) in [5, 5.41) is 6.33. The van der Waals surface area contributed by atoms with Crippen LogP contribution in [-0.4, -0.2) is 43.5 Å². The van der Waals surface area contributed by atoms with Gasteiger partial charge >= 0.3 is 0 Å². The van der Waals surface area contributed by atoms with Gasteiger partial charge < -0.3 is 10.6 Å². The summed E-state index contributed by atoms with van der Waals surface area (Å²) in [6.45, 7) is 7.19. The first-order valence-corrected chi connectivity index (χ1v) is 6.99. The number of carbonyl (C=O) groups excluding carboxylic acids is 1. The smallest absolute Gasteiger partial charge is 0.234 e. The van der Waals surface area contributed by atoms with Crippen molar-refractivity contribution in [3.63, 3.8) is 0 Å². The van der Waals surface area contributed by atoms with E-state index in [1.807, 2.05) is 12.1 Å². The van der Waals surface area contributed by atoms with E-state index in [4.69, 9.17) is 0 Å². The molecule has 1 heterocycles. The summed E-state index contributed by atoms with van der Waals surface area (Å²) in [6.07, 6.45) is 1.12. The van der Waals surface area contributed by atoms with Gasteiger partial charge in [0, 0.05) is 19.6 Å². The number of hydrogen-bond acceptors (Lipinski definition) is 3. The maximum atomic E-state index is 11.9. The van der Waals surface area contributed by atoms with Gasteiger partial charge in [0.2, 0.25) is 5.91 Å². The Morgan fingerprint density at radius 3 is 3.00 bits per heavy atom. The van der Waals surface area contributed by atoms with Crippen molar-refractivity contribution in [2.75, 3.05) is 32.7 Å². The summed E-state index contributed by atoms with van der Waals surface area (Å²) >= 11 is 0. The van der Waals surface area contributed by atoms with Gasteiger partial charge in [0.05, 0.1) is 6.54 Å². The molecule has 0 atom stereocenters. The molecule has 4 nitrogen and oxygen atoms in total. The molecule has 0 bridgehead atoms. The molecule has 0 radical (unpaired) electrons. The van der Waals surface area contributed by atoms with Crippen LogP contribution in [0.25, 0.3) is 0 Å². The van der Waals surface area contributed by atoms with Crippen LogP contribution in [0.4, 0.5) is 0 Å². The second-order valence-corrected chi connectivity index (χ2v) is 5.15. The summed E-state index contributed by atoms with van der Waals surface area (Å²) in [4.78, 5) is 14.1. The Balaban J connectivity index is 0.00000200. The highest BCUT2D eigenvalue weighted by Gasteiger charge is 2.12. The van der Waals surface area contributed by atoms with E-state index in [1.165, 1.54) is 5.56 Å². The molecular weight excluding hydrogens is 274 g/mol. The fourth-order valence-corrected chi connectivity index (χ4v) is 2.34. The van der Waals surface area contributed by atoms with Crippen LogP contribution in [-0.2, 0) is 11.3 Å². The van der Waals surface area contributed by atoms with Gasteiger partial charge in [0.25, 0.3) is 0 Å². The number of hydrogen-bond donors (Lipinski definition) is 2. The van der Waals surface area contributed by atoms with Crippen LogP contribution >= 0.6 is 12.4 Å². The first-order valence-electron chi connectivity index (χ1n) is 6.99. The number of nitrogens with zero attached hydrogens (tertiary/aromatic N) is 1. The van der Waals surface area contributed by atoms with E-state index < -0.39 is 0 Å². The van der Waals surface area contributed by atoms with E-state index in [9.17, 15) is 4.79 Å². The van der Waals surface area contributed by atoms with Crippen LogP contribution in [0.5, 0.6) is 0 Å². The molecule has 0 saturated carbocycles. The Labute approximate surface area is 127 Å². The molecule has 2 rings (SSSR count). The maximum Gasteiger partial charge on any atom is 0.234 e. The molecule has 1 fully saturated rings. The normalized spacial score (nSPS) is 16.1. The Hall–Kier alpha value is -1.10. The molecular formula is C15H24ClN3O. The third-order valence-corrected chi connectivity index (χ3v) is 3.37. The summed E-state index contributed by atoms with van der Waals surface area (Å²) in [7, 11) is 0. The fraction of sp³-hybridized carbons (Fsp3) is 0.533. The van der Waals surface area contributed by atoms with Crippen molar-refractivity contribution in [3.8, 4) is 0 Å². The van der Waals surface area contributed by atoms with Crippen molar-refractivity contribution in [1.29, 1.82) is 0 Å². The topological polar surface area (TPSA) is 44.4 Å². The minimum atomic E-state index is 0. The van der Waals surface area contributed by atoms with Crippen molar-refractivity contribution >= 4 is 18.3 Å². The van der Waals surface area contributed by atoms with Gasteiger partial charge in [-0.05, 0) is 32.0 Å². The first kappa shape index (κ1) is 17.0. The molecule has 1 aromatic rings. The van der Waals surface area contributed by atoms with Gasteiger partial charge in [-0.3, -0.25) is 9.69 Å². The number of carbonyl (C=O) groups is 1. The van der Waals surface area contributed by atoms with Crippen molar-refractivity contribution in [2.24, 2.45) is 0 Å². The molecule has 1 saturated heterocycles. The zero-order valence-electron chi connectivity index (χ0n) is 12.0. The van der Waals surface area contributed by atoms with E-state index in [2.05, 4.69) is 34.6 Å². The average Bonchev–Trinajstić information content (AvgIpc) is 2.65. The van der Waals surface area contributed by atoms with Crippen LogP contribution in [0.15, 0.2) is 24.3 Å². The molecule has 1 aromatic carbocycles. The van der Waals surface area contributed by atoms with E-state index in [0.717, 1.165) is 38.2 Å². The summed E-state index contributed by atoms with van der Waals surface area (Å²) in [5.41, 5.74) is 2.39. The molecule has 112 valence electrons. The van der Waals surface area contributed by atoms with Gasteiger partial charge in [-0.2, -0.15) is 0 Å². The Kier molecular flexibility index (Phi) is 7.59. The van der Waals surface area contributed by atoms with Crippen LogP contribution in [0.2, 0.25) is 0 Å². The predicted molar refractivity (Wildman–Crippen MR) is 84.2 cm³/mol. The number of aryl methyl sites for hydroxylation is 1. The molecule has 0 aliphatic carbocycles. The van der Waals surface area contributed by atoms with Crippen molar-refractivity contribution in [1.82, 2.24) is 15.5 Å². The van der Waals surface area contributed by atoms with Crippen molar-refractivity contribution in [2.45, 2.75) is 19.9 Å². The molecule has 0 aromatic heterocycles. The Bertz CT molecular complexity index is 417. The van der Waals surface area contributed by atoms with Gasteiger partial charge in [0.1, 0.15) is 0 Å². The first-order chi connectivity index (χ1) is 9.24. The maximum absolute atomic E-state index is 11.9. The van der Waals surface area contributed by atoms with Gasteiger partial charge in [-0.25, -0.2) is 0 Å². The van der Waals surface area contributed by atoms with Crippen LogP contribution < -0.4 is 10.6 Å². The number of rotatable bonds is 4. The largest absolute Gasteiger partial charge is 0.351 e. The Morgan fingerprint density at radius 1 is 1.35 bits per heavy atom. The summed E-state index contributed by atoms with van der Waals surface area (Å²) in [6, 6.07) is 8.24. The molecule has 1 aliphatic heterocycles. The number of halogens is 1. The lowest BCUT2D eigenvalue weighted by atomic mass is 10.1. The molecule has 2 N–H and O–H groups in total. The molecule has 1 amide bonds. The van der Waals surface area contributed by atoms with E-state index in [0.29, 0.717) is 13.1 Å². The fourth-order valence-electron chi connectivity index (χ4n) is 2.34. The lowest BCUT2D eigenvalue weighted by Gasteiger charge is -2.18. The molecule has 0 spiro atoms. The summed E-state index contributed by atoms with van der Waals surface area (Å²) in [5.74, 6) is 0.114. The zero-order chi connectivity index (χ0) is 13.5. The average molecular weight is 298 g/mol. The van der Waals surface area contributed by atoms with Gasteiger partial charge in [-0.15, -0.1) is 12.4 Å². The molecule has 1 aliphatic rings. The number of nitrogens with one attached hydrogen (secondary N) is 2. The molecule has 0 unspecified atom stereocenters. The highest BCUT2D eigenvalue weighted by atomic mass is 35.5. The Morgan fingerprint density at radius 2 is 2.20 bits per heavy atom. The molecule has 5 heteroatoms. The van der Waals surface area contributed by atoms with Crippen molar-refractivity contribution < 1.29 is 4.79 Å². The highest BCUT2D eigenvalue weighted by Crippen LogP contribution is 2.03. The van der Waals surface area contributed by atoms with E-state index >= 15 is 0 Å². The second kappa shape index (κ2) is 8.95. The van der Waals surface area contributed by atoms with E-state index in [-0.39, 0.29) is 18.3 Å². The van der Waals surface area contributed by atoms with Crippen molar-refractivity contribution in [3.05, 3.63) is 35.4 Å². The minimum Gasteiger partial charge on any atom is -0.351 e. The minimum absolute atomic E-state index is 0. The number of amides is 1. The predicted octanol–water partition coefficient (Wildman–Crippen LogP) is 1.33. The standard InChI is InChI=1S/C15H23N3O.ClH/c1-13-4-2-5-14(10-13)11-17-15(19)12-18-8-3-6-16-7-9-18;/h2,4-5,10,16H,3,6-9,11-12H2,1H3,(H,17,19);1H. The van der Waals surface area contributed by atoms with E-state index in [1.54, 1.807) is 0 Å². The zero-order valence-corrected chi connectivity index (χ0v) is 12.8. The summed E-state index contributed by atoms with van der Waals surface area (Å²) < 4.78 is 0. The van der Waals surface area contributed by atoms with Crippen LogP contribution in [0.1, 0.15) is 17.5 Å². The van der Waals surface area contributed by atoms with Crippen LogP contribution in [0, 0.1) is 6.92 Å². The lowest BCUT2D eigenvalue weighted by molar-refractivity contribution is -0.122. The monoisotopic (exact) mass is 297 g/mol. The van der Waals surface area contributed by atoms with Crippen LogP contribution in [0.3, 0.4) is 0 Å². The third kappa shape index (κ3) is 5.90. The molecule has 20 heavy (non-hydrogen) atoms. The van der Waals surface area contributed by atoms with Gasteiger partial charge in [-0.1, -0.05) is 29.8 Å². The lowest BCUT2D eigenvalue weighted by Crippen LogP contribution is -2.38. The van der Waals surface area contributed by atoms with Gasteiger partial charge in [0.15, 0.2) is 0 Å².